The van der Waals surface area contributed by atoms with Crippen LogP contribution in [0.1, 0.15) is 33.1 Å². The molecule has 2 aliphatic rings. The van der Waals surface area contributed by atoms with Crippen LogP contribution in [0.4, 0.5) is 0 Å². The lowest BCUT2D eigenvalue weighted by Gasteiger charge is -2.14. The van der Waals surface area contributed by atoms with E-state index < -0.39 is 68.1 Å². The molecule has 2 heterocycles. The maximum atomic E-state index is 11.7. The van der Waals surface area contributed by atoms with Gasteiger partial charge in [-0.15, -0.1) is 0 Å². The van der Waals surface area contributed by atoms with Crippen molar-refractivity contribution in [2.45, 2.75) is 57.5 Å². The van der Waals surface area contributed by atoms with E-state index in [1.807, 2.05) is 0 Å². The van der Waals surface area contributed by atoms with Crippen LogP contribution in [0.15, 0.2) is 0 Å². The van der Waals surface area contributed by atoms with Crippen molar-refractivity contribution in [3.05, 3.63) is 0 Å². The second-order valence-electron chi connectivity index (χ2n) is 5.96. The Morgan fingerprint density at radius 2 is 1.20 bits per heavy atom. The highest BCUT2D eigenvalue weighted by Crippen LogP contribution is 2.21. The highest BCUT2D eigenvalue weighted by atomic mass is 32.2. The van der Waals surface area contributed by atoms with Crippen molar-refractivity contribution in [2.24, 2.45) is 0 Å². The molecule has 12 heteroatoms. The summed E-state index contributed by atoms with van der Waals surface area (Å²) in [5.41, 5.74) is 0. The van der Waals surface area contributed by atoms with E-state index in [4.69, 9.17) is 9.47 Å². The van der Waals surface area contributed by atoms with Crippen LogP contribution in [0, 0.1) is 0 Å². The fraction of sp³-hybridized carbons (Fsp3) is 0.846. The van der Waals surface area contributed by atoms with Gasteiger partial charge in [0.15, 0.2) is 0 Å². The standard InChI is InChI=1S/C13H20O10S2/c1-8-10(6-24(16,17)22-8)20-12(14)4-3-5-13(15)21-11-7-25(18,19)23-9(11)2/h8-11H,3-7H2,1-2H3. The first-order valence-corrected chi connectivity index (χ1v) is 10.8. The van der Waals surface area contributed by atoms with Crippen LogP contribution in [-0.4, -0.2) is 64.7 Å². The van der Waals surface area contributed by atoms with E-state index in [0.717, 1.165) is 0 Å². The highest BCUT2D eigenvalue weighted by Gasteiger charge is 2.39. The number of ether oxygens (including phenoxy) is 2. The van der Waals surface area contributed by atoms with Gasteiger partial charge in [0.25, 0.3) is 20.2 Å². The van der Waals surface area contributed by atoms with Gasteiger partial charge in [0, 0.05) is 12.8 Å². The van der Waals surface area contributed by atoms with E-state index >= 15 is 0 Å². The molecule has 0 spiro atoms. The van der Waals surface area contributed by atoms with Gasteiger partial charge in [0.05, 0.1) is 0 Å². The average molecular weight is 400 g/mol. The molecule has 0 saturated carbocycles. The fourth-order valence-electron chi connectivity index (χ4n) is 2.43. The minimum Gasteiger partial charge on any atom is -0.458 e. The van der Waals surface area contributed by atoms with Gasteiger partial charge in [-0.2, -0.15) is 16.8 Å². The molecule has 2 saturated heterocycles. The summed E-state index contributed by atoms with van der Waals surface area (Å²) in [5, 5.41) is 0. The quantitative estimate of drug-likeness (QED) is 0.422. The maximum Gasteiger partial charge on any atom is 0.306 e. The van der Waals surface area contributed by atoms with E-state index in [1.54, 1.807) is 0 Å². The normalized spacial score (nSPS) is 33.0. The van der Waals surface area contributed by atoms with Crippen LogP contribution in [0.2, 0.25) is 0 Å². The molecule has 0 aromatic rings. The van der Waals surface area contributed by atoms with E-state index in [2.05, 4.69) is 8.37 Å². The van der Waals surface area contributed by atoms with Crippen LogP contribution in [0.5, 0.6) is 0 Å². The van der Waals surface area contributed by atoms with E-state index in [1.165, 1.54) is 13.8 Å². The lowest BCUT2D eigenvalue weighted by Crippen LogP contribution is -2.28. The third-order valence-electron chi connectivity index (χ3n) is 3.71. The summed E-state index contributed by atoms with van der Waals surface area (Å²) in [6, 6.07) is 0. The first kappa shape index (κ1) is 20.1. The molecule has 2 rings (SSSR count). The average Bonchev–Trinajstić information content (AvgIpc) is 2.83. The summed E-state index contributed by atoms with van der Waals surface area (Å²) in [6.45, 7) is 2.97. The minimum atomic E-state index is -3.66. The summed E-state index contributed by atoms with van der Waals surface area (Å²) in [6.07, 6.45) is -3.31. The largest absolute Gasteiger partial charge is 0.458 e. The first-order valence-electron chi connectivity index (χ1n) is 7.68. The Kier molecular flexibility index (Phi) is 6.07. The van der Waals surface area contributed by atoms with Gasteiger partial charge in [0.1, 0.15) is 35.9 Å². The van der Waals surface area contributed by atoms with Gasteiger partial charge in [-0.3, -0.25) is 18.0 Å². The molecule has 144 valence electrons. The molecule has 0 aromatic heterocycles. The molecule has 0 bridgehead atoms. The van der Waals surface area contributed by atoms with Gasteiger partial charge in [-0.05, 0) is 20.3 Å². The molecule has 25 heavy (non-hydrogen) atoms. The van der Waals surface area contributed by atoms with Gasteiger partial charge in [-0.1, -0.05) is 0 Å². The van der Waals surface area contributed by atoms with Gasteiger partial charge in [-0.25, -0.2) is 0 Å². The molecule has 2 fully saturated rings. The van der Waals surface area contributed by atoms with Crippen molar-refractivity contribution in [3.8, 4) is 0 Å². The summed E-state index contributed by atoms with van der Waals surface area (Å²) in [4.78, 5) is 23.4. The Hall–Kier alpha value is -1.24. The molecule has 10 nitrogen and oxygen atoms in total. The van der Waals surface area contributed by atoms with Crippen LogP contribution >= 0.6 is 0 Å². The Balaban J connectivity index is 1.68. The van der Waals surface area contributed by atoms with Crippen molar-refractivity contribution in [1.29, 1.82) is 0 Å². The molecule has 0 N–H and O–H groups in total. The number of rotatable bonds is 6. The summed E-state index contributed by atoms with van der Waals surface area (Å²) < 4.78 is 64.4. The molecular weight excluding hydrogens is 380 g/mol. The Bertz CT molecular complexity index is 664. The lowest BCUT2D eigenvalue weighted by atomic mass is 10.2. The third kappa shape index (κ3) is 5.90. The topological polar surface area (TPSA) is 139 Å². The Morgan fingerprint density at radius 1 is 0.840 bits per heavy atom. The summed E-state index contributed by atoms with van der Waals surface area (Å²) >= 11 is 0. The molecular formula is C13H20O10S2. The number of hydrogen-bond donors (Lipinski definition) is 0. The van der Waals surface area contributed by atoms with Gasteiger partial charge >= 0.3 is 11.9 Å². The molecule has 0 aromatic carbocycles. The van der Waals surface area contributed by atoms with Crippen molar-refractivity contribution in [2.75, 3.05) is 11.5 Å². The third-order valence-corrected chi connectivity index (χ3v) is 6.38. The lowest BCUT2D eigenvalue weighted by molar-refractivity contribution is -0.152. The molecule has 4 unspecified atom stereocenters. The van der Waals surface area contributed by atoms with Crippen molar-refractivity contribution >= 4 is 32.2 Å². The van der Waals surface area contributed by atoms with Gasteiger partial charge < -0.3 is 9.47 Å². The van der Waals surface area contributed by atoms with E-state index in [9.17, 15) is 26.4 Å². The SMILES string of the molecule is CC1OS(=O)(=O)CC1OC(=O)CCCC(=O)OC1CS(=O)(=O)OC1C. The fourth-order valence-corrected chi connectivity index (χ4v) is 5.24. The Labute approximate surface area is 146 Å². The zero-order valence-electron chi connectivity index (χ0n) is 13.7. The molecule has 0 aliphatic carbocycles. The molecule has 0 radical (unpaired) electrons. The Morgan fingerprint density at radius 3 is 1.48 bits per heavy atom. The van der Waals surface area contributed by atoms with Crippen molar-refractivity contribution < 1.29 is 44.3 Å². The molecule has 4 atom stereocenters. The predicted octanol–water partition coefficient (Wildman–Crippen LogP) is -0.523. The zero-order valence-corrected chi connectivity index (χ0v) is 15.4. The molecule has 2 aliphatic heterocycles. The summed E-state index contributed by atoms with van der Waals surface area (Å²) in [5.74, 6) is -2.08. The number of hydrogen-bond acceptors (Lipinski definition) is 10. The smallest absolute Gasteiger partial charge is 0.306 e. The van der Waals surface area contributed by atoms with Crippen LogP contribution in [0.25, 0.3) is 0 Å². The maximum absolute atomic E-state index is 11.7. The number of carbonyl (C=O) groups is 2. The summed E-state index contributed by atoms with van der Waals surface area (Å²) in [7, 11) is -7.33. The van der Waals surface area contributed by atoms with Crippen molar-refractivity contribution in [1.82, 2.24) is 0 Å². The van der Waals surface area contributed by atoms with E-state index in [-0.39, 0.29) is 19.3 Å². The van der Waals surface area contributed by atoms with Gasteiger partial charge in [0.2, 0.25) is 0 Å². The highest BCUT2D eigenvalue weighted by molar-refractivity contribution is 7.87. The predicted molar refractivity (Wildman–Crippen MR) is 82.3 cm³/mol. The molecule has 0 amide bonds. The number of esters is 2. The second-order valence-corrected chi connectivity index (χ2v) is 9.24. The first-order chi connectivity index (χ1) is 11.5. The number of carbonyl (C=O) groups excluding carboxylic acids is 2. The van der Waals surface area contributed by atoms with Crippen LogP contribution < -0.4 is 0 Å². The minimum absolute atomic E-state index is 0.104. The van der Waals surface area contributed by atoms with Crippen LogP contribution in [-0.2, 0) is 47.7 Å². The monoisotopic (exact) mass is 400 g/mol. The van der Waals surface area contributed by atoms with Crippen LogP contribution in [0.3, 0.4) is 0 Å². The second kappa shape index (κ2) is 7.56. The zero-order chi connectivity index (χ0) is 18.8. The van der Waals surface area contributed by atoms with Crippen molar-refractivity contribution in [3.63, 3.8) is 0 Å². The van der Waals surface area contributed by atoms with E-state index in [0.29, 0.717) is 0 Å².